The van der Waals surface area contributed by atoms with Crippen molar-refractivity contribution in [3.05, 3.63) is 23.7 Å². The Morgan fingerprint density at radius 2 is 2.26 bits per heavy atom. The molecule has 0 aliphatic heterocycles. The summed E-state index contributed by atoms with van der Waals surface area (Å²) in [5.41, 5.74) is 5.08. The molecule has 0 saturated carbocycles. The maximum absolute atomic E-state index is 10.8. The van der Waals surface area contributed by atoms with Gasteiger partial charge in [0, 0.05) is 6.54 Å². The molecule has 1 aromatic rings. The number of nitrogens with zero attached hydrogens (tertiary/aromatic N) is 1. The Hall–Kier alpha value is -1.69. The molecule has 0 unspecified atom stereocenters. The van der Waals surface area contributed by atoms with Crippen LogP contribution < -0.4 is 16.4 Å². The lowest BCUT2D eigenvalue weighted by Gasteiger charge is -2.07. The van der Waals surface area contributed by atoms with E-state index in [-0.39, 0.29) is 29.7 Å². The maximum Gasteiger partial charge on any atom is 0.284 e. The summed E-state index contributed by atoms with van der Waals surface area (Å²) in [6.07, 6.45) is 5.15. The van der Waals surface area contributed by atoms with Gasteiger partial charge in [0.2, 0.25) is 0 Å². The lowest BCUT2D eigenvalue weighted by Crippen LogP contribution is -2.37. The van der Waals surface area contributed by atoms with Crippen molar-refractivity contribution in [2.24, 2.45) is 10.7 Å². The Kier molecular flexibility index (Phi) is 8.44. The number of rotatable bonds is 5. The van der Waals surface area contributed by atoms with E-state index in [2.05, 4.69) is 21.5 Å². The summed E-state index contributed by atoms with van der Waals surface area (Å²) in [4.78, 5) is 15.1. The largest absolute Gasteiger partial charge is 0.454 e. The first-order chi connectivity index (χ1) is 8.67. The smallest absolute Gasteiger partial charge is 0.284 e. The number of carbonyl (C=O) groups is 1. The zero-order valence-electron chi connectivity index (χ0n) is 10.6. The van der Waals surface area contributed by atoms with E-state index in [4.69, 9.17) is 16.6 Å². The summed E-state index contributed by atoms with van der Waals surface area (Å²) < 4.78 is 5.20. The van der Waals surface area contributed by atoms with Crippen LogP contribution in [-0.4, -0.2) is 25.0 Å². The van der Waals surface area contributed by atoms with Crippen molar-refractivity contribution in [1.82, 2.24) is 10.6 Å². The molecule has 4 N–H and O–H groups in total. The van der Waals surface area contributed by atoms with Gasteiger partial charge in [-0.1, -0.05) is 5.92 Å². The van der Waals surface area contributed by atoms with Gasteiger partial charge in [0.15, 0.2) is 11.7 Å². The van der Waals surface area contributed by atoms with Crippen molar-refractivity contribution in [1.29, 1.82) is 0 Å². The van der Waals surface area contributed by atoms with Crippen molar-refractivity contribution in [3.8, 4) is 12.3 Å². The molecule has 0 fully saturated rings. The van der Waals surface area contributed by atoms with Gasteiger partial charge < -0.3 is 20.8 Å². The molecule has 0 saturated heterocycles. The van der Waals surface area contributed by atoms with E-state index < -0.39 is 5.91 Å². The highest BCUT2D eigenvalue weighted by Gasteiger charge is 2.06. The van der Waals surface area contributed by atoms with E-state index in [1.54, 1.807) is 6.07 Å². The van der Waals surface area contributed by atoms with E-state index in [1.807, 2.05) is 6.92 Å². The Morgan fingerprint density at radius 1 is 1.53 bits per heavy atom. The Balaban J connectivity index is 0.00000324. The third-order valence-corrected chi connectivity index (χ3v) is 2.00. The summed E-state index contributed by atoms with van der Waals surface area (Å²) in [5.74, 6) is 3.14. The lowest BCUT2D eigenvalue weighted by atomic mass is 10.4. The van der Waals surface area contributed by atoms with Crippen LogP contribution in [0.3, 0.4) is 0 Å². The van der Waals surface area contributed by atoms with Crippen molar-refractivity contribution in [2.45, 2.75) is 13.5 Å². The molecule has 0 aliphatic carbocycles. The molecule has 0 atom stereocenters. The third kappa shape index (κ3) is 6.15. The number of aliphatic imine (C=N–C) groups is 1. The summed E-state index contributed by atoms with van der Waals surface area (Å²) in [7, 11) is 0. The molecule has 0 aromatic carbocycles. The number of terminal acetylenes is 1. The summed E-state index contributed by atoms with van der Waals surface area (Å²) in [5, 5.41) is 5.97. The number of hydrogen-bond acceptors (Lipinski definition) is 3. The second kappa shape index (κ2) is 9.27. The van der Waals surface area contributed by atoms with Crippen LogP contribution in [0.5, 0.6) is 0 Å². The number of guanidine groups is 1. The highest BCUT2D eigenvalue weighted by Crippen LogP contribution is 2.08. The number of nitrogens with two attached hydrogens (primary N) is 1. The molecule has 0 spiro atoms. The fourth-order valence-electron chi connectivity index (χ4n) is 1.23. The molecule has 0 radical (unpaired) electrons. The first kappa shape index (κ1) is 17.3. The molecule has 1 rings (SSSR count). The van der Waals surface area contributed by atoms with E-state index >= 15 is 0 Å². The second-order valence-electron chi connectivity index (χ2n) is 3.38. The Bertz CT molecular complexity index is 476. The number of carbonyl (C=O) groups excluding carboxylic acids is 1. The highest BCUT2D eigenvalue weighted by atomic mass is 127. The lowest BCUT2D eigenvalue weighted by molar-refractivity contribution is 0.0972. The molecule has 7 heteroatoms. The Labute approximate surface area is 129 Å². The van der Waals surface area contributed by atoms with Crippen LogP contribution in [0.4, 0.5) is 0 Å². The van der Waals surface area contributed by atoms with Gasteiger partial charge in [-0.15, -0.1) is 30.4 Å². The van der Waals surface area contributed by atoms with E-state index in [0.717, 1.165) is 6.54 Å². The van der Waals surface area contributed by atoms with Crippen LogP contribution in [-0.2, 0) is 6.54 Å². The normalized spacial score (nSPS) is 10.2. The van der Waals surface area contributed by atoms with Crippen LogP contribution in [0, 0.1) is 12.3 Å². The highest BCUT2D eigenvalue weighted by molar-refractivity contribution is 14.0. The fraction of sp³-hybridized carbons (Fsp3) is 0.333. The quantitative estimate of drug-likeness (QED) is 0.305. The van der Waals surface area contributed by atoms with Gasteiger partial charge in [0.05, 0.1) is 6.54 Å². The molecule has 6 nitrogen and oxygen atoms in total. The topological polar surface area (TPSA) is 92.6 Å². The predicted octanol–water partition coefficient (Wildman–Crippen LogP) is 0.685. The molecular weight excluding hydrogens is 359 g/mol. The number of hydrogen-bond donors (Lipinski definition) is 3. The summed E-state index contributed by atoms with van der Waals surface area (Å²) in [6, 6.07) is 3.18. The van der Waals surface area contributed by atoms with Crippen molar-refractivity contribution < 1.29 is 9.21 Å². The number of halogens is 1. The molecular formula is C12H17IN4O2. The van der Waals surface area contributed by atoms with Gasteiger partial charge in [0.1, 0.15) is 12.3 Å². The van der Waals surface area contributed by atoms with Gasteiger partial charge in [-0.3, -0.25) is 4.79 Å². The van der Waals surface area contributed by atoms with Gasteiger partial charge in [-0.25, -0.2) is 4.99 Å². The van der Waals surface area contributed by atoms with Gasteiger partial charge in [-0.05, 0) is 19.1 Å². The zero-order chi connectivity index (χ0) is 13.4. The zero-order valence-corrected chi connectivity index (χ0v) is 12.9. The summed E-state index contributed by atoms with van der Waals surface area (Å²) in [6.45, 7) is 3.36. The maximum atomic E-state index is 10.8. The molecule has 0 aliphatic rings. The van der Waals surface area contributed by atoms with Crippen molar-refractivity contribution in [3.63, 3.8) is 0 Å². The standard InChI is InChI=1S/C12H16N4O2.HI/c1-3-7-15-12(14-4-2)16-8-9-5-6-10(18-9)11(13)17;/h1,5-6H,4,7-8H2,2H3,(H2,13,17)(H2,14,15,16);1H. The van der Waals surface area contributed by atoms with Crippen molar-refractivity contribution in [2.75, 3.05) is 13.1 Å². The fourth-order valence-corrected chi connectivity index (χ4v) is 1.23. The second-order valence-corrected chi connectivity index (χ2v) is 3.38. The average Bonchev–Trinajstić information content (AvgIpc) is 2.81. The van der Waals surface area contributed by atoms with Gasteiger partial charge in [-0.2, -0.15) is 0 Å². The van der Waals surface area contributed by atoms with Crippen LogP contribution >= 0.6 is 24.0 Å². The summed E-state index contributed by atoms with van der Waals surface area (Å²) >= 11 is 0. The minimum absolute atomic E-state index is 0. The molecule has 1 heterocycles. The van der Waals surface area contributed by atoms with Crippen LogP contribution in [0.15, 0.2) is 21.5 Å². The Morgan fingerprint density at radius 3 is 2.79 bits per heavy atom. The molecule has 104 valence electrons. The van der Waals surface area contributed by atoms with Crippen LogP contribution in [0.2, 0.25) is 0 Å². The number of nitrogens with one attached hydrogen (secondary N) is 2. The van der Waals surface area contributed by atoms with Crippen LogP contribution in [0.25, 0.3) is 0 Å². The number of amides is 1. The van der Waals surface area contributed by atoms with Gasteiger partial charge in [0.25, 0.3) is 5.91 Å². The van der Waals surface area contributed by atoms with E-state index in [9.17, 15) is 4.79 Å². The number of primary amides is 1. The molecule has 1 aromatic heterocycles. The first-order valence-corrected chi connectivity index (χ1v) is 5.51. The minimum Gasteiger partial charge on any atom is -0.454 e. The molecule has 19 heavy (non-hydrogen) atoms. The minimum atomic E-state index is -0.595. The third-order valence-electron chi connectivity index (χ3n) is 2.00. The van der Waals surface area contributed by atoms with Crippen molar-refractivity contribution >= 4 is 35.8 Å². The number of furan rings is 1. The monoisotopic (exact) mass is 376 g/mol. The van der Waals surface area contributed by atoms with Crippen LogP contribution in [0.1, 0.15) is 23.2 Å². The first-order valence-electron chi connectivity index (χ1n) is 5.51. The van der Waals surface area contributed by atoms with E-state index in [1.165, 1.54) is 6.07 Å². The SMILES string of the molecule is C#CCNC(=NCc1ccc(C(N)=O)o1)NCC.I. The molecule has 0 bridgehead atoms. The van der Waals surface area contributed by atoms with Gasteiger partial charge >= 0.3 is 0 Å². The average molecular weight is 376 g/mol. The van der Waals surface area contributed by atoms with E-state index in [0.29, 0.717) is 24.8 Å². The molecule has 1 amide bonds. The predicted molar refractivity (Wildman–Crippen MR) is 84.3 cm³/mol.